The molecule has 0 radical (unpaired) electrons. The number of primary amides is 1. The molecular weight excluding hydrogens is 509 g/mol. The predicted octanol–water partition coefficient (Wildman–Crippen LogP) is 4.68. The number of nitrogens with two attached hydrogens (primary N) is 1. The highest BCUT2D eigenvalue weighted by atomic mass is 35.5. The number of rotatable bonds is 6. The highest BCUT2D eigenvalue weighted by Crippen LogP contribution is 2.50. The number of fused-ring (bicyclic) bond motifs is 2. The van der Waals surface area contributed by atoms with Gasteiger partial charge in [-0.3, -0.25) is 4.79 Å². The lowest BCUT2D eigenvalue weighted by Crippen LogP contribution is -2.39. The van der Waals surface area contributed by atoms with Crippen LogP contribution >= 0.6 is 11.6 Å². The molecule has 4 rings (SSSR count). The average molecular weight is 531 g/mol. The van der Waals surface area contributed by atoms with Crippen LogP contribution in [0.3, 0.4) is 0 Å². The van der Waals surface area contributed by atoms with Gasteiger partial charge in [-0.05, 0) is 61.6 Å². The number of halogens is 4. The fraction of sp³-hybridized carbons (Fsp3) is 0.391. The summed E-state index contributed by atoms with van der Waals surface area (Å²) < 4.78 is 72.3. The van der Waals surface area contributed by atoms with Gasteiger partial charge in [0.05, 0.1) is 21.8 Å². The molecule has 2 aliphatic rings. The highest BCUT2D eigenvalue weighted by Gasteiger charge is 2.50. The first-order valence-electron chi connectivity index (χ1n) is 10.9. The topological polar surface area (TPSA) is 116 Å². The number of hydrogen-bond acceptors (Lipinski definition) is 5. The van der Waals surface area contributed by atoms with Crippen LogP contribution in [0.2, 0.25) is 5.02 Å². The molecule has 2 bridgehead atoms. The Hall–Kier alpha value is -2.79. The molecule has 2 unspecified atom stereocenters. The lowest BCUT2D eigenvalue weighted by atomic mass is 9.81. The number of benzene rings is 2. The summed E-state index contributed by atoms with van der Waals surface area (Å²) in [5.74, 6) is -5.81. The Labute approximate surface area is 204 Å². The van der Waals surface area contributed by atoms with Crippen LogP contribution in [0, 0.1) is 35.2 Å². The van der Waals surface area contributed by atoms with Crippen LogP contribution in [-0.4, -0.2) is 32.3 Å². The number of ether oxygens (including phenoxy) is 1. The van der Waals surface area contributed by atoms with Gasteiger partial charge in [-0.15, -0.1) is 0 Å². The maximum absolute atomic E-state index is 13.6. The van der Waals surface area contributed by atoms with E-state index < -0.39 is 44.5 Å². The molecule has 12 heteroatoms. The van der Waals surface area contributed by atoms with Crippen molar-refractivity contribution < 1.29 is 35.9 Å². The second-order valence-corrected chi connectivity index (χ2v) is 11.4. The second kappa shape index (κ2) is 9.69. The molecular formula is C23H22ClF3N2O5S. The minimum absolute atomic E-state index is 0.00975. The van der Waals surface area contributed by atoms with Crippen molar-refractivity contribution in [3.05, 3.63) is 58.4 Å². The minimum Gasteiger partial charge on any atom is -0.449 e. The van der Waals surface area contributed by atoms with E-state index in [1.165, 1.54) is 12.1 Å². The van der Waals surface area contributed by atoms with Crippen LogP contribution < -0.4 is 11.1 Å². The Morgan fingerprint density at radius 2 is 1.66 bits per heavy atom. The van der Waals surface area contributed by atoms with Crippen LogP contribution in [0.1, 0.15) is 36.0 Å². The van der Waals surface area contributed by atoms with Gasteiger partial charge in [-0.1, -0.05) is 11.6 Å². The Balaban J connectivity index is 1.56. The Bertz CT molecular complexity index is 1250. The van der Waals surface area contributed by atoms with Crippen molar-refractivity contribution in [3.63, 3.8) is 0 Å². The van der Waals surface area contributed by atoms with Crippen LogP contribution in [0.15, 0.2) is 35.2 Å². The third-order valence-corrected chi connectivity index (χ3v) is 9.55. The molecule has 2 aromatic rings. The fourth-order valence-electron chi connectivity index (χ4n) is 5.28. The molecule has 2 amide bonds. The van der Waals surface area contributed by atoms with Crippen LogP contribution in [0.5, 0.6) is 0 Å². The summed E-state index contributed by atoms with van der Waals surface area (Å²) in [7, 11) is -3.95. The highest BCUT2D eigenvalue weighted by molar-refractivity contribution is 7.92. The Morgan fingerprint density at radius 1 is 1.06 bits per heavy atom. The summed E-state index contributed by atoms with van der Waals surface area (Å²) in [6.45, 7) is 0.135. The zero-order valence-corrected chi connectivity index (χ0v) is 19.8. The van der Waals surface area contributed by atoms with Crippen molar-refractivity contribution in [2.75, 3.05) is 11.9 Å². The average Bonchev–Trinajstić information content (AvgIpc) is 3.07. The Kier molecular flexibility index (Phi) is 7.01. The molecule has 35 heavy (non-hydrogen) atoms. The lowest BCUT2D eigenvalue weighted by molar-refractivity contribution is 0.102. The fourth-order valence-corrected chi connectivity index (χ4v) is 8.15. The maximum Gasteiger partial charge on any atom is 0.404 e. The van der Waals surface area contributed by atoms with E-state index in [9.17, 15) is 31.2 Å². The van der Waals surface area contributed by atoms with E-state index in [2.05, 4.69) is 5.32 Å². The van der Waals surface area contributed by atoms with Gasteiger partial charge in [0, 0.05) is 23.4 Å². The van der Waals surface area contributed by atoms with Crippen molar-refractivity contribution in [2.45, 2.75) is 35.8 Å². The summed E-state index contributed by atoms with van der Waals surface area (Å²) in [5.41, 5.74) is 4.60. The van der Waals surface area contributed by atoms with Gasteiger partial charge in [0.1, 0.15) is 0 Å². The number of amides is 2. The van der Waals surface area contributed by atoms with E-state index in [4.69, 9.17) is 22.1 Å². The van der Waals surface area contributed by atoms with E-state index >= 15 is 0 Å². The standard InChI is InChI=1S/C23H22ClF3N2O5S/c24-16-4-3-14(22(30)29-15-8-17(25)20(27)18(26)9-15)7-19(16)35(32,33)21-12-1-2-13(21)6-11(5-12)10-34-23(28)31/h3-4,7-9,11-13,21H,1-2,5-6,10H2,(H2,28,31)(H,29,30)/t11-,12?,13?,21+. The minimum atomic E-state index is -3.95. The van der Waals surface area contributed by atoms with Crippen LogP contribution in [0.25, 0.3) is 0 Å². The number of anilines is 1. The molecule has 0 aromatic heterocycles. The van der Waals surface area contributed by atoms with Gasteiger partial charge in [-0.2, -0.15) is 0 Å². The largest absolute Gasteiger partial charge is 0.449 e. The van der Waals surface area contributed by atoms with E-state index in [0.717, 1.165) is 6.07 Å². The molecule has 0 spiro atoms. The first-order valence-corrected chi connectivity index (χ1v) is 12.8. The van der Waals surface area contributed by atoms with Crippen molar-refractivity contribution in [3.8, 4) is 0 Å². The summed E-state index contributed by atoms with van der Waals surface area (Å²) in [6.07, 6.45) is 1.61. The molecule has 2 atom stereocenters. The third kappa shape index (κ3) is 5.11. The molecule has 2 saturated carbocycles. The maximum atomic E-state index is 13.6. The molecule has 0 aliphatic heterocycles. The van der Waals surface area contributed by atoms with Gasteiger partial charge in [0.2, 0.25) is 0 Å². The molecule has 0 heterocycles. The van der Waals surface area contributed by atoms with E-state index in [1.807, 2.05) is 0 Å². The van der Waals surface area contributed by atoms with Gasteiger partial charge >= 0.3 is 6.09 Å². The quantitative estimate of drug-likeness (QED) is 0.526. The first kappa shape index (κ1) is 25.3. The predicted molar refractivity (Wildman–Crippen MR) is 121 cm³/mol. The van der Waals surface area contributed by atoms with Crippen LogP contribution in [0.4, 0.5) is 23.7 Å². The zero-order chi connectivity index (χ0) is 25.5. The number of carbonyl (C=O) groups is 2. The zero-order valence-electron chi connectivity index (χ0n) is 18.3. The van der Waals surface area contributed by atoms with Gasteiger partial charge < -0.3 is 15.8 Å². The summed E-state index contributed by atoms with van der Waals surface area (Å²) >= 11 is 6.23. The summed E-state index contributed by atoms with van der Waals surface area (Å²) in [6, 6.07) is 4.90. The van der Waals surface area contributed by atoms with Crippen molar-refractivity contribution in [2.24, 2.45) is 23.5 Å². The van der Waals surface area contributed by atoms with Crippen LogP contribution in [-0.2, 0) is 14.6 Å². The summed E-state index contributed by atoms with van der Waals surface area (Å²) in [4.78, 5) is 23.4. The van der Waals surface area contributed by atoms with E-state index in [-0.39, 0.29) is 45.5 Å². The third-order valence-electron chi connectivity index (χ3n) is 6.67. The van der Waals surface area contributed by atoms with Crippen molar-refractivity contribution >= 4 is 39.1 Å². The molecule has 2 fully saturated rings. The number of hydrogen-bond donors (Lipinski definition) is 2. The number of carbonyl (C=O) groups excluding carboxylic acids is 2. The number of sulfone groups is 1. The summed E-state index contributed by atoms with van der Waals surface area (Å²) in [5, 5.41) is 1.47. The molecule has 3 N–H and O–H groups in total. The van der Waals surface area contributed by atoms with Crippen molar-refractivity contribution in [1.29, 1.82) is 0 Å². The van der Waals surface area contributed by atoms with Gasteiger partial charge in [-0.25, -0.2) is 26.4 Å². The number of nitrogens with one attached hydrogen (secondary N) is 1. The molecule has 188 valence electrons. The lowest BCUT2D eigenvalue weighted by Gasteiger charge is -2.34. The van der Waals surface area contributed by atoms with Gasteiger partial charge in [0.15, 0.2) is 27.3 Å². The monoisotopic (exact) mass is 530 g/mol. The van der Waals surface area contributed by atoms with Gasteiger partial charge in [0.25, 0.3) is 5.91 Å². The molecule has 0 saturated heterocycles. The molecule has 7 nitrogen and oxygen atoms in total. The van der Waals surface area contributed by atoms with Crippen molar-refractivity contribution in [1.82, 2.24) is 0 Å². The molecule has 2 aromatic carbocycles. The molecule has 2 aliphatic carbocycles. The van der Waals surface area contributed by atoms with E-state index in [0.29, 0.717) is 37.8 Å². The van der Waals surface area contributed by atoms with E-state index in [1.54, 1.807) is 0 Å². The normalized spacial score (nSPS) is 23.7. The Morgan fingerprint density at radius 3 is 2.23 bits per heavy atom. The smallest absolute Gasteiger partial charge is 0.404 e. The first-order chi connectivity index (χ1) is 16.5. The SMILES string of the molecule is NC(=O)OC[C@H]1CC2CCC(C1)[C@@H]2S(=O)(=O)c1cc(C(=O)Nc2cc(F)c(F)c(F)c2)ccc1Cl. The second-order valence-electron chi connectivity index (χ2n) is 8.93.